The van der Waals surface area contributed by atoms with Crippen molar-refractivity contribution < 1.29 is 4.79 Å². The van der Waals surface area contributed by atoms with Gasteiger partial charge in [-0.3, -0.25) is 4.79 Å². The Morgan fingerprint density at radius 2 is 2.27 bits per heavy atom. The van der Waals surface area contributed by atoms with Gasteiger partial charge in [0.15, 0.2) is 0 Å². The first kappa shape index (κ1) is 8.47. The first-order valence-corrected chi connectivity index (χ1v) is 4.99. The predicted octanol–water partition coefficient (Wildman–Crippen LogP) is 0.665. The van der Waals surface area contributed by atoms with Gasteiger partial charge < -0.3 is 5.73 Å². The molecule has 0 bridgehead atoms. The largest absolute Gasteiger partial charge is 0.399 e. The van der Waals surface area contributed by atoms with Crippen LogP contribution in [0.5, 0.6) is 0 Å². The van der Waals surface area contributed by atoms with Gasteiger partial charge >= 0.3 is 0 Å². The second kappa shape index (κ2) is 2.82. The molecule has 0 saturated heterocycles. The van der Waals surface area contributed by atoms with E-state index in [1.807, 2.05) is 18.2 Å². The lowest BCUT2D eigenvalue weighted by Gasteiger charge is -2.15. The monoisotopic (exact) mass is 201 g/mol. The van der Waals surface area contributed by atoms with E-state index in [0.29, 0.717) is 6.42 Å². The Morgan fingerprint density at radius 1 is 1.40 bits per heavy atom. The van der Waals surface area contributed by atoms with Crippen LogP contribution in [0.3, 0.4) is 0 Å². The number of carbonyl (C=O) groups is 1. The average molecular weight is 201 g/mol. The standard InChI is InChI=1S/C11H11N3O/c12-8-2-1-6-3-7-4-10(15)13-14-11(7)9(6)5-8/h1-2,5,7H,3-4,12H2,(H,13,15). The molecular formula is C11H11N3O. The smallest absolute Gasteiger partial charge is 0.240 e. The molecule has 1 amide bonds. The second-order valence-corrected chi connectivity index (χ2v) is 4.05. The highest BCUT2D eigenvalue weighted by Gasteiger charge is 2.32. The molecule has 0 radical (unpaired) electrons. The molecule has 0 saturated carbocycles. The van der Waals surface area contributed by atoms with Crippen LogP contribution in [0.2, 0.25) is 0 Å². The molecule has 4 heteroatoms. The minimum Gasteiger partial charge on any atom is -0.399 e. The number of carbonyl (C=O) groups excluding carboxylic acids is 1. The van der Waals surface area contributed by atoms with Crippen LogP contribution in [-0.2, 0) is 11.2 Å². The van der Waals surface area contributed by atoms with Crippen LogP contribution < -0.4 is 11.2 Å². The third-order valence-corrected chi connectivity index (χ3v) is 3.00. The summed E-state index contributed by atoms with van der Waals surface area (Å²) in [5.41, 5.74) is 12.3. The summed E-state index contributed by atoms with van der Waals surface area (Å²) in [7, 11) is 0. The number of hydrazone groups is 1. The maximum atomic E-state index is 11.2. The average Bonchev–Trinajstić information content (AvgIpc) is 2.54. The molecule has 0 aromatic heterocycles. The van der Waals surface area contributed by atoms with Crippen LogP contribution in [0.15, 0.2) is 23.3 Å². The molecule has 4 nitrogen and oxygen atoms in total. The Hall–Kier alpha value is -1.84. The number of hydrogen-bond acceptors (Lipinski definition) is 3. The topological polar surface area (TPSA) is 67.5 Å². The van der Waals surface area contributed by atoms with E-state index in [2.05, 4.69) is 10.5 Å². The Balaban J connectivity index is 2.11. The number of rotatable bonds is 0. The zero-order chi connectivity index (χ0) is 10.4. The van der Waals surface area contributed by atoms with E-state index in [-0.39, 0.29) is 11.8 Å². The van der Waals surface area contributed by atoms with Crippen LogP contribution in [-0.4, -0.2) is 11.6 Å². The van der Waals surface area contributed by atoms with Crippen molar-refractivity contribution in [2.75, 3.05) is 5.73 Å². The van der Waals surface area contributed by atoms with E-state index in [4.69, 9.17) is 5.73 Å². The van der Waals surface area contributed by atoms with Gasteiger partial charge in [0.05, 0.1) is 5.71 Å². The quantitative estimate of drug-likeness (QED) is 0.606. The summed E-state index contributed by atoms with van der Waals surface area (Å²) in [4.78, 5) is 11.2. The van der Waals surface area contributed by atoms with Crippen molar-refractivity contribution in [3.63, 3.8) is 0 Å². The van der Waals surface area contributed by atoms with Crippen molar-refractivity contribution in [1.82, 2.24) is 5.43 Å². The molecule has 1 aromatic carbocycles. The van der Waals surface area contributed by atoms with E-state index in [1.54, 1.807) is 0 Å². The van der Waals surface area contributed by atoms with Crippen molar-refractivity contribution in [1.29, 1.82) is 0 Å². The van der Waals surface area contributed by atoms with Crippen LogP contribution in [0, 0.1) is 5.92 Å². The molecule has 15 heavy (non-hydrogen) atoms. The number of nitrogens with two attached hydrogens (primary N) is 1. The Labute approximate surface area is 87.2 Å². The van der Waals surface area contributed by atoms with E-state index in [1.165, 1.54) is 5.56 Å². The minimum absolute atomic E-state index is 0.00419. The van der Waals surface area contributed by atoms with Gasteiger partial charge in [-0.1, -0.05) is 6.07 Å². The summed E-state index contributed by atoms with van der Waals surface area (Å²) in [6.45, 7) is 0. The third kappa shape index (κ3) is 1.21. The lowest BCUT2D eigenvalue weighted by atomic mass is 9.99. The fraction of sp³-hybridized carbons (Fsp3) is 0.273. The molecule has 76 valence electrons. The zero-order valence-electron chi connectivity index (χ0n) is 8.16. The summed E-state index contributed by atoms with van der Waals surface area (Å²) in [5, 5.41) is 4.12. The zero-order valence-corrected chi connectivity index (χ0v) is 8.16. The van der Waals surface area contributed by atoms with Crippen LogP contribution in [0.4, 0.5) is 5.69 Å². The Kier molecular flexibility index (Phi) is 1.59. The number of fused-ring (bicyclic) bond motifs is 3. The first-order chi connectivity index (χ1) is 7.24. The summed E-state index contributed by atoms with van der Waals surface area (Å²) in [6, 6.07) is 5.85. The summed E-state index contributed by atoms with van der Waals surface area (Å²) >= 11 is 0. The number of nitrogen functional groups attached to an aromatic ring is 1. The van der Waals surface area contributed by atoms with Crippen molar-refractivity contribution >= 4 is 17.3 Å². The first-order valence-electron chi connectivity index (χ1n) is 4.99. The minimum atomic E-state index is 0.00419. The molecule has 3 rings (SSSR count). The van der Waals surface area contributed by atoms with Crippen molar-refractivity contribution in [2.45, 2.75) is 12.8 Å². The van der Waals surface area contributed by atoms with Gasteiger partial charge in [0.1, 0.15) is 0 Å². The lowest BCUT2D eigenvalue weighted by molar-refractivity contribution is -0.121. The van der Waals surface area contributed by atoms with Crippen LogP contribution >= 0.6 is 0 Å². The number of hydrogen-bond donors (Lipinski definition) is 2. The maximum absolute atomic E-state index is 11.2. The van der Waals surface area contributed by atoms with Gasteiger partial charge in [-0.25, -0.2) is 5.43 Å². The number of nitrogens with one attached hydrogen (secondary N) is 1. The van der Waals surface area contributed by atoms with Crippen molar-refractivity contribution in [3.8, 4) is 0 Å². The van der Waals surface area contributed by atoms with Gasteiger partial charge in [-0.05, 0) is 24.1 Å². The SMILES string of the molecule is Nc1ccc2c(c1)C1=NNC(=O)CC1C2. The molecule has 1 aromatic rings. The van der Waals surface area contributed by atoms with Gasteiger partial charge in [-0.2, -0.15) is 5.10 Å². The van der Waals surface area contributed by atoms with Crippen molar-refractivity contribution in [3.05, 3.63) is 29.3 Å². The molecule has 1 aliphatic carbocycles. The fourth-order valence-corrected chi connectivity index (χ4v) is 2.30. The number of amides is 1. The highest BCUT2D eigenvalue weighted by Crippen LogP contribution is 2.32. The molecule has 0 fully saturated rings. The number of benzene rings is 1. The molecule has 0 spiro atoms. The number of nitrogens with zero attached hydrogens (tertiary/aromatic N) is 1. The molecule has 1 unspecified atom stereocenters. The van der Waals surface area contributed by atoms with E-state index in [9.17, 15) is 4.79 Å². The van der Waals surface area contributed by atoms with Gasteiger partial charge in [0, 0.05) is 23.6 Å². The van der Waals surface area contributed by atoms with Crippen molar-refractivity contribution in [2.24, 2.45) is 11.0 Å². The highest BCUT2D eigenvalue weighted by molar-refractivity contribution is 6.09. The van der Waals surface area contributed by atoms with Crippen LogP contribution in [0.25, 0.3) is 0 Å². The van der Waals surface area contributed by atoms with E-state index >= 15 is 0 Å². The normalized spacial score (nSPS) is 22.8. The molecule has 1 heterocycles. The molecule has 2 aliphatic rings. The van der Waals surface area contributed by atoms with Gasteiger partial charge in [0.25, 0.3) is 0 Å². The number of anilines is 1. The Morgan fingerprint density at radius 3 is 3.13 bits per heavy atom. The molecule has 1 aliphatic heterocycles. The second-order valence-electron chi connectivity index (χ2n) is 4.05. The molecule has 1 atom stereocenters. The summed E-state index contributed by atoms with van der Waals surface area (Å²) < 4.78 is 0. The molecule has 3 N–H and O–H groups in total. The summed E-state index contributed by atoms with van der Waals surface area (Å²) in [5.74, 6) is 0.250. The fourth-order valence-electron chi connectivity index (χ4n) is 2.30. The van der Waals surface area contributed by atoms with E-state index in [0.717, 1.165) is 23.4 Å². The van der Waals surface area contributed by atoms with Crippen LogP contribution in [0.1, 0.15) is 17.5 Å². The van der Waals surface area contributed by atoms with Gasteiger partial charge in [0.2, 0.25) is 5.91 Å². The third-order valence-electron chi connectivity index (χ3n) is 3.00. The Bertz CT molecular complexity index is 479. The maximum Gasteiger partial charge on any atom is 0.240 e. The van der Waals surface area contributed by atoms with Gasteiger partial charge in [-0.15, -0.1) is 0 Å². The summed E-state index contributed by atoms with van der Waals surface area (Å²) in [6.07, 6.45) is 1.44. The predicted molar refractivity (Wildman–Crippen MR) is 57.3 cm³/mol. The lowest BCUT2D eigenvalue weighted by Crippen LogP contribution is -2.31. The molecular weight excluding hydrogens is 190 g/mol. The van der Waals surface area contributed by atoms with E-state index < -0.39 is 0 Å². The highest BCUT2D eigenvalue weighted by atomic mass is 16.2.